The van der Waals surface area contributed by atoms with Gasteiger partial charge in [0.2, 0.25) is 0 Å². The molecule has 0 fully saturated rings. The van der Waals surface area contributed by atoms with Gasteiger partial charge in [-0.3, -0.25) is 9.20 Å². The molecule has 2 rings (SSSR count). The first-order chi connectivity index (χ1) is 10.8. The first-order valence-electron chi connectivity index (χ1n) is 6.93. The van der Waals surface area contributed by atoms with Crippen LogP contribution in [0.3, 0.4) is 0 Å². The largest absolute Gasteiger partial charge is 0.533 e. The van der Waals surface area contributed by atoms with Crippen molar-refractivity contribution in [1.29, 1.82) is 0 Å². The van der Waals surface area contributed by atoms with Crippen molar-refractivity contribution in [2.24, 2.45) is 0 Å². The molecule has 0 saturated carbocycles. The van der Waals surface area contributed by atoms with Crippen LogP contribution in [0.2, 0.25) is 0 Å². The van der Waals surface area contributed by atoms with E-state index in [2.05, 4.69) is 0 Å². The van der Waals surface area contributed by atoms with Crippen molar-refractivity contribution in [3.8, 4) is 0 Å². The number of benzene rings is 2. The fourth-order valence-electron chi connectivity index (χ4n) is 2.29. The minimum Gasteiger partial charge on any atom is -0.367 e. The fourth-order valence-corrected chi connectivity index (χ4v) is 3.95. The number of carbonyl (C=O) groups excluding carboxylic acids is 1. The molecule has 2 aromatic rings. The van der Waals surface area contributed by atoms with Gasteiger partial charge in [0.15, 0.2) is 0 Å². The van der Waals surface area contributed by atoms with Gasteiger partial charge < -0.3 is 4.52 Å². The van der Waals surface area contributed by atoms with Gasteiger partial charge in [-0.05, 0) is 31.9 Å². The summed E-state index contributed by atoms with van der Waals surface area (Å²) in [4.78, 5) is 21.9. The summed E-state index contributed by atoms with van der Waals surface area (Å²) in [6, 6.07) is 12.6. The highest BCUT2D eigenvalue weighted by Gasteiger charge is 2.28. The van der Waals surface area contributed by atoms with Crippen LogP contribution in [0.5, 0.6) is 0 Å². The Hall–Kier alpha value is -1.51. The molecule has 0 saturated heterocycles. The normalized spacial score (nSPS) is 13.9. The van der Waals surface area contributed by atoms with E-state index >= 15 is 0 Å². The summed E-state index contributed by atoms with van der Waals surface area (Å²) < 4.78 is 21.6. The van der Waals surface area contributed by atoms with Gasteiger partial charge in [0.05, 0.1) is 14.4 Å². The van der Waals surface area contributed by atoms with Crippen molar-refractivity contribution in [2.45, 2.75) is 20.8 Å². The Morgan fingerprint density at radius 3 is 2.22 bits per heavy atom. The van der Waals surface area contributed by atoms with Crippen molar-refractivity contribution in [2.75, 3.05) is 0 Å². The van der Waals surface area contributed by atoms with Crippen LogP contribution >= 0.6 is 16.6 Å². The molecule has 2 unspecified atom stereocenters. The van der Waals surface area contributed by atoms with E-state index in [1.165, 1.54) is 0 Å². The van der Waals surface area contributed by atoms with Crippen molar-refractivity contribution < 1.29 is 23.1 Å². The maximum atomic E-state index is 12.2. The van der Waals surface area contributed by atoms with Crippen molar-refractivity contribution in [1.82, 2.24) is 0 Å². The van der Waals surface area contributed by atoms with Crippen LogP contribution in [0.4, 0.5) is 0 Å². The summed E-state index contributed by atoms with van der Waals surface area (Å²) in [5, 5.41) is 0.737. The van der Waals surface area contributed by atoms with E-state index in [1.54, 1.807) is 38.1 Å². The average Bonchev–Trinajstić information content (AvgIpc) is 2.44. The lowest BCUT2D eigenvalue weighted by atomic mass is 10.0. The quantitative estimate of drug-likeness (QED) is 0.829. The van der Waals surface area contributed by atoms with Crippen LogP contribution in [0, 0.1) is 20.8 Å². The highest BCUT2D eigenvalue weighted by molar-refractivity contribution is 7.58. The molecule has 7 heteroatoms. The summed E-state index contributed by atoms with van der Waals surface area (Å²) in [5.74, 6) is -0.858. The molecule has 2 atom stereocenters. The zero-order valence-corrected chi connectivity index (χ0v) is 15.0. The lowest BCUT2D eigenvalue weighted by molar-refractivity contribution is 0.0686. The smallest absolute Gasteiger partial charge is 0.367 e. The first-order valence-corrected chi connectivity index (χ1v) is 9.33. The molecule has 5 nitrogen and oxygen atoms in total. The summed E-state index contributed by atoms with van der Waals surface area (Å²) in [6.45, 7) is 5.42. The van der Waals surface area contributed by atoms with E-state index in [9.17, 15) is 14.3 Å². The minimum absolute atomic E-state index is 0.288. The zero-order chi connectivity index (χ0) is 17.0. The molecule has 0 heterocycles. The molecule has 0 bridgehead atoms. The molecule has 0 aromatic heterocycles. The Morgan fingerprint density at radius 2 is 1.65 bits per heavy atom. The third kappa shape index (κ3) is 4.98. The van der Waals surface area contributed by atoms with E-state index in [4.69, 9.17) is 8.83 Å². The van der Waals surface area contributed by atoms with Gasteiger partial charge >= 0.3 is 13.8 Å². The van der Waals surface area contributed by atoms with E-state index in [-0.39, 0.29) is 14.4 Å². The second-order valence-electron chi connectivity index (χ2n) is 5.18. The Morgan fingerprint density at radius 1 is 1.09 bits per heavy atom. The molecule has 2 aromatic carbocycles. The van der Waals surface area contributed by atoms with Crippen molar-refractivity contribution in [3.05, 3.63) is 64.7 Å². The molecule has 0 aliphatic rings. The number of aryl methyl sites for hydroxylation is 3. The first kappa shape index (κ1) is 17.8. The highest BCUT2D eigenvalue weighted by Crippen LogP contribution is 2.49. The monoisotopic (exact) mass is 352 g/mol. The fraction of sp³-hybridized carbons (Fsp3) is 0.188. The Balaban J connectivity index is 2.08. The number of hydrogen-bond acceptors (Lipinski definition) is 4. The van der Waals surface area contributed by atoms with Gasteiger partial charge in [-0.25, -0.2) is 9.36 Å². The number of hydrogen-bond donors (Lipinski definition) is 1. The third-order valence-corrected chi connectivity index (χ3v) is 5.39. The van der Waals surface area contributed by atoms with Crippen molar-refractivity contribution >= 4 is 27.9 Å². The molecule has 0 radical (unpaired) electrons. The van der Waals surface area contributed by atoms with Gasteiger partial charge in [-0.1, -0.05) is 48.0 Å². The van der Waals surface area contributed by atoms with E-state index < -0.39 is 13.8 Å². The number of carbonyl (C=O) groups is 1. The lowest BCUT2D eigenvalue weighted by Crippen LogP contribution is -2.09. The minimum atomic E-state index is -4.47. The standard InChI is InChI=1S/C16H18O5P2/c1-11-9-12(2)15(13(3)10-11)16(17)20-23(18,19)21-22-14-7-5-4-6-8-14/h4-10,22H,1-3H3,(H,18,19). The number of rotatable bonds is 5. The highest BCUT2D eigenvalue weighted by atomic mass is 31.2. The average molecular weight is 352 g/mol. The molecule has 1 N–H and O–H groups in total. The Bertz CT molecular complexity index is 735. The topological polar surface area (TPSA) is 72.8 Å². The van der Waals surface area contributed by atoms with Gasteiger partial charge in [0, 0.05) is 5.30 Å². The van der Waals surface area contributed by atoms with Crippen LogP contribution in [0.15, 0.2) is 42.5 Å². The van der Waals surface area contributed by atoms with E-state index in [0.717, 1.165) is 10.9 Å². The number of phosphoric acid groups is 1. The third-order valence-electron chi connectivity index (χ3n) is 3.13. The zero-order valence-electron chi connectivity index (χ0n) is 13.1. The second-order valence-corrected chi connectivity index (χ2v) is 7.81. The Labute approximate surface area is 137 Å². The van der Waals surface area contributed by atoms with Crippen LogP contribution < -0.4 is 5.30 Å². The van der Waals surface area contributed by atoms with E-state index in [1.807, 2.05) is 25.1 Å². The van der Waals surface area contributed by atoms with Gasteiger partial charge in [-0.15, -0.1) is 0 Å². The van der Waals surface area contributed by atoms with Crippen LogP contribution in [-0.4, -0.2) is 10.9 Å². The predicted octanol–water partition coefficient (Wildman–Crippen LogP) is 3.80. The Kier molecular flexibility index (Phi) is 5.72. The second kappa shape index (κ2) is 7.37. The van der Waals surface area contributed by atoms with Gasteiger partial charge in [-0.2, -0.15) is 0 Å². The van der Waals surface area contributed by atoms with Gasteiger partial charge in [0.1, 0.15) is 0 Å². The summed E-state index contributed by atoms with van der Waals surface area (Å²) in [6.07, 6.45) is 0. The van der Waals surface area contributed by atoms with E-state index in [0.29, 0.717) is 11.1 Å². The lowest BCUT2D eigenvalue weighted by Gasteiger charge is -2.14. The SMILES string of the molecule is Cc1cc(C)c(C(=O)OP(=O)(O)OPc2ccccc2)c(C)c1. The summed E-state index contributed by atoms with van der Waals surface area (Å²) in [5.41, 5.74) is 2.68. The summed E-state index contributed by atoms with van der Waals surface area (Å²) in [7, 11) is -4.85. The maximum absolute atomic E-state index is 12.2. The molecule has 0 aliphatic heterocycles. The molecule has 122 valence electrons. The molecular formula is C16H18O5P2. The molecule has 0 spiro atoms. The van der Waals surface area contributed by atoms with Gasteiger partial charge in [0.25, 0.3) is 0 Å². The number of phosphoric ester groups is 1. The molecular weight excluding hydrogens is 334 g/mol. The molecule has 0 aliphatic carbocycles. The van der Waals surface area contributed by atoms with Crippen molar-refractivity contribution in [3.63, 3.8) is 0 Å². The molecule has 0 amide bonds. The molecule has 23 heavy (non-hydrogen) atoms. The summed E-state index contributed by atoms with van der Waals surface area (Å²) >= 11 is 0. The predicted molar refractivity (Wildman–Crippen MR) is 91.4 cm³/mol. The van der Waals surface area contributed by atoms with Crippen LogP contribution in [-0.2, 0) is 13.4 Å². The van der Waals surface area contributed by atoms with Crippen LogP contribution in [0.1, 0.15) is 27.0 Å². The van der Waals surface area contributed by atoms with Crippen LogP contribution in [0.25, 0.3) is 0 Å². The maximum Gasteiger partial charge on any atom is 0.533 e.